The van der Waals surface area contributed by atoms with Crippen molar-refractivity contribution in [2.45, 2.75) is 30.8 Å². The van der Waals surface area contributed by atoms with Crippen molar-refractivity contribution in [1.29, 1.82) is 0 Å². The molecule has 3 aromatic carbocycles. The van der Waals surface area contributed by atoms with Crippen molar-refractivity contribution in [2.24, 2.45) is 0 Å². The second kappa shape index (κ2) is 12.0. The zero-order valence-corrected chi connectivity index (χ0v) is 21.2. The number of nitrogens with one attached hydrogen (secondary N) is 2. The molecule has 0 saturated heterocycles. The number of aromatic nitrogens is 3. The van der Waals surface area contributed by atoms with E-state index in [-0.39, 0.29) is 18.3 Å². The molecule has 0 radical (unpaired) electrons. The minimum absolute atomic E-state index is 0.0175. The fourth-order valence-corrected chi connectivity index (χ4v) is 4.59. The van der Waals surface area contributed by atoms with E-state index in [9.17, 15) is 14.9 Å². The van der Waals surface area contributed by atoms with Crippen LogP contribution in [0.2, 0.25) is 0 Å². The van der Waals surface area contributed by atoms with Gasteiger partial charge in [0, 0.05) is 29.3 Å². The number of amides is 2. The number of non-ortho nitro benzene ring substituents is 1. The number of nitro groups is 1. The highest BCUT2D eigenvalue weighted by molar-refractivity contribution is 7.98. The Morgan fingerprint density at radius 3 is 2.59 bits per heavy atom. The highest BCUT2D eigenvalue weighted by Crippen LogP contribution is 2.27. The summed E-state index contributed by atoms with van der Waals surface area (Å²) in [5, 5.41) is 26.1. The molecule has 11 heteroatoms. The number of urea groups is 1. The third-order valence-electron chi connectivity index (χ3n) is 5.57. The Morgan fingerprint density at radius 2 is 1.86 bits per heavy atom. The number of nitro benzene ring substituents is 1. The van der Waals surface area contributed by atoms with Gasteiger partial charge in [-0.1, -0.05) is 49.0 Å². The maximum atomic E-state index is 12.6. The van der Waals surface area contributed by atoms with Crippen LogP contribution < -0.4 is 15.4 Å². The molecule has 0 saturated carbocycles. The largest absolute Gasteiger partial charge is 0.497 e. The first-order valence-corrected chi connectivity index (χ1v) is 12.5. The smallest absolute Gasteiger partial charge is 0.319 e. The van der Waals surface area contributed by atoms with E-state index >= 15 is 0 Å². The molecule has 0 aliphatic carbocycles. The van der Waals surface area contributed by atoms with Gasteiger partial charge in [0.15, 0.2) is 11.0 Å². The Kier molecular flexibility index (Phi) is 8.37. The Balaban J connectivity index is 1.55. The predicted octanol–water partition coefficient (Wildman–Crippen LogP) is 5.36. The van der Waals surface area contributed by atoms with Crippen LogP contribution in [0.1, 0.15) is 23.9 Å². The number of aryl methyl sites for hydroxylation is 1. The first kappa shape index (κ1) is 25.7. The molecule has 37 heavy (non-hydrogen) atoms. The number of para-hydroxylation sites is 1. The standard InChI is InChI=1S/C26H26N6O4S/c1-3-19-8-4-5-10-23(19)28-25(33)27-16-24-29-30-26(37-17-18-7-6-9-22(15-18)36-2)31(24)20-11-13-21(14-12-20)32(34)35/h4-15H,3,16-17H2,1-2H3,(H2,27,28,33). The first-order valence-electron chi connectivity index (χ1n) is 11.6. The minimum Gasteiger partial charge on any atom is -0.497 e. The van der Waals surface area contributed by atoms with Crippen molar-refractivity contribution in [2.75, 3.05) is 12.4 Å². The molecule has 0 atom stereocenters. The van der Waals surface area contributed by atoms with Gasteiger partial charge in [-0.2, -0.15) is 0 Å². The number of hydrogen-bond donors (Lipinski definition) is 2. The van der Waals surface area contributed by atoms with Crippen molar-refractivity contribution < 1.29 is 14.5 Å². The lowest BCUT2D eigenvalue weighted by molar-refractivity contribution is -0.384. The molecule has 1 aromatic heterocycles. The summed E-state index contributed by atoms with van der Waals surface area (Å²) in [7, 11) is 1.62. The van der Waals surface area contributed by atoms with E-state index in [0.717, 1.165) is 29.0 Å². The third-order valence-corrected chi connectivity index (χ3v) is 6.57. The summed E-state index contributed by atoms with van der Waals surface area (Å²) >= 11 is 1.46. The van der Waals surface area contributed by atoms with Gasteiger partial charge in [-0.25, -0.2) is 4.79 Å². The second-order valence-electron chi connectivity index (χ2n) is 7.97. The van der Waals surface area contributed by atoms with E-state index in [1.807, 2.05) is 55.5 Å². The number of ether oxygens (including phenoxy) is 1. The Labute approximate surface area is 218 Å². The SMILES string of the molecule is CCc1ccccc1NC(=O)NCc1nnc(SCc2cccc(OC)c2)n1-c1ccc([N+](=O)[O-])cc1. The minimum atomic E-state index is -0.449. The van der Waals surface area contributed by atoms with E-state index in [0.29, 0.717) is 22.4 Å². The molecular weight excluding hydrogens is 492 g/mol. The van der Waals surface area contributed by atoms with Crippen molar-refractivity contribution in [3.63, 3.8) is 0 Å². The number of nitrogens with zero attached hydrogens (tertiary/aromatic N) is 4. The molecule has 0 aliphatic rings. The van der Waals surface area contributed by atoms with Crippen molar-refractivity contribution in [3.8, 4) is 11.4 Å². The van der Waals surface area contributed by atoms with Crippen LogP contribution >= 0.6 is 11.8 Å². The van der Waals surface area contributed by atoms with E-state index < -0.39 is 4.92 Å². The van der Waals surface area contributed by atoms with Crippen LogP contribution in [0.5, 0.6) is 5.75 Å². The summed E-state index contributed by atoms with van der Waals surface area (Å²) in [6.07, 6.45) is 0.790. The van der Waals surface area contributed by atoms with Gasteiger partial charge in [0.2, 0.25) is 0 Å². The van der Waals surface area contributed by atoms with Gasteiger partial charge in [-0.15, -0.1) is 10.2 Å². The number of rotatable bonds is 10. The van der Waals surface area contributed by atoms with Gasteiger partial charge in [0.25, 0.3) is 5.69 Å². The number of anilines is 1. The van der Waals surface area contributed by atoms with Crippen molar-refractivity contribution in [3.05, 3.63) is 99.9 Å². The average molecular weight is 519 g/mol. The second-order valence-corrected chi connectivity index (χ2v) is 8.91. The van der Waals surface area contributed by atoms with Gasteiger partial charge in [0.05, 0.1) is 18.6 Å². The third kappa shape index (κ3) is 6.44. The lowest BCUT2D eigenvalue weighted by Gasteiger charge is -2.13. The zero-order chi connectivity index (χ0) is 26.2. The van der Waals surface area contributed by atoms with Gasteiger partial charge in [-0.05, 0) is 47.9 Å². The molecule has 0 fully saturated rings. The maximum absolute atomic E-state index is 12.6. The van der Waals surface area contributed by atoms with Gasteiger partial charge < -0.3 is 15.4 Å². The molecule has 0 bridgehead atoms. The molecule has 2 N–H and O–H groups in total. The van der Waals surface area contributed by atoms with Crippen LogP contribution in [-0.4, -0.2) is 32.8 Å². The van der Waals surface area contributed by atoms with Gasteiger partial charge in [-0.3, -0.25) is 14.7 Å². The fraction of sp³-hybridized carbons (Fsp3) is 0.192. The number of hydrogen-bond acceptors (Lipinski definition) is 7. The predicted molar refractivity (Wildman–Crippen MR) is 142 cm³/mol. The van der Waals surface area contributed by atoms with E-state index in [1.165, 1.54) is 23.9 Å². The van der Waals surface area contributed by atoms with Crippen LogP contribution in [0.25, 0.3) is 5.69 Å². The van der Waals surface area contributed by atoms with E-state index in [2.05, 4.69) is 20.8 Å². The molecule has 4 rings (SSSR count). The molecule has 0 aliphatic heterocycles. The fourth-order valence-electron chi connectivity index (χ4n) is 3.68. The molecule has 0 unspecified atom stereocenters. The topological polar surface area (TPSA) is 124 Å². The Bertz CT molecular complexity index is 1390. The molecule has 4 aromatic rings. The zero-order valence-electron chi connectivity index (χ0n) is 20.4. The van der Waals surface area contributed by atoms with Crippen LogP contribution in [0.3, 0.4) is 0 Å². The normalized spacial score (nSPS) is 10.6. The summed E-state index contributed by atoms with van der Waals surface area (Å²) in [6.45, 7) is 2.12. The lowest BCUT2D eigenvalue weighted by atomic mass is 10.1. The van der Waals surface area contributed by atoms with Gasteiger partial charge in [0.1, 0.15) is 5.75 Å². The van der Waals surface area contributed by atoms with E-state index in [4.69, 9.17) is 4.74 Å². The summed E-state index contributed by atoms with van der Waals surface area (Å²) in [6, 6.07) is 21.1. The summed E-state index contributed by atoms with van der Waals surface area (Å²) in [5.74, 6) is 1.85. The maximum Gasteiger partial charge on any atom is 0.319 e. The van der Waals surface area contributed by atoms with Crippen LogP contribution in [0, 0.1) is 10.1 Å². The van der Waals surface area contributed by atoms with Crippen LogP contribution in [-0.2, 0) is 18.7 Å². The molecule has 0 spiro atoms. The molecule has 2 amide bonds. The van der Waals surface area contributed by atoms with Crippen molar-refractivity contribution in [1.82, 2.24) is 20.1 Å². The quantitative estimate of drug-likeness (QED) is 0.164. The van der Waals surface area contributed by atoms with Crippen LogP contribution in [0.15, 0.2) is 78.0 Å². The lowest BCUT2D eigenvalue weighted by Crippen LogP contribution is -2.29. The molecule has 10 nitrogen and oxygen atoms in total. The number of methoxy groups -OCH3 is 1. The Hall–Kier alpha value is -4.38. The Morgan fingerprint density at radius 1 is 1.08 bits per heavy atom. The number of carbonyl (C=O) groups is 1. The summed E-state index contributed by atoms with van der Waals surface area (Å²) in [4.78, 5) is 23.3. The molecular formula is C26H26N6O4S. The monoisotopic (exact) mass is 518 g/mol. The average Bonchev–Trinajstić information content (AvgIpc) is 3.34. The van der Waals surface area contributed by atoms with Gasteiger partial charge >= 0.3 is 6.03 Å². The number of carbonyl (C=O) groups excluding carboxylic acids is 1. The highest BCUT2D eigenvalue weighted by atomic mass is 32.2. The molecule has 1 heterocycles. The first-order chi connectivity index (χ1) is 18.0. The number of benzene rings is 3. The van der Waals surface area contributed by atoms with Crippen LogP contribution in [0.4, 0.5) is 16.2 Å². The van der Waals surface area contributed by atoms with Crippen molar-refractivity contribution >= 4 is 29.2 Å². The number of thioether (sulfide) groups is 1. The summed E-state index contributed by atoms with van der Waals surface area (Å²) < 4.78 is 7.09. The van der Waals surface area contributed by atoms with E-state index in [1.54, 1.807) is 23.8 Å². The highest BCUT2D eigenvalue weighted by Gasteiger charge is 2.17. The molecule has 190 valence electrons. The summed E-state index contributed by atoms with van der Waals surface area (Å²) in [5.41, 5.74) is 3.45.